The standard InChI is InChI=1S/C18H20FNO/c1-3-20(17-11-7-4-8-14(17)2)18(21)13-12-15-9-5-6-10-16(15)19/h4-11H,3,12-13H2,1-2H3. The third-order valence-corrected chi connectivity index (χ3v) is 3.59. The zero-order chi connectivity index (χ0) is 15.2. The number of hydrogen-bond donors (Lipinski definition) is 0. The lowest BCUT2D eigenvalue weighted by Crippen LogP contribution is -2.31. The van der Waals surface area contributed by atoms with E-state index < -0.39 is 0 Å². The molecule has 2 aromatic rings. The van der Waals surface area contributed by atoms with E-state index in [0.717, 1.165) is 11.3 Å². The number of rotatable bonds is 5. The van der Waals surface area contributed by atoms with Crippen LogP contribution in [0.2, 0.25) is 0 Å². The van der Waals surface area contributed by atoms with Gasteiger partial charge in [-0.15, -0.1) is 0 Å². The number of para-hydroxylation sites is 1. The van der Waals surface area contributed by atoms with Crippen molar-refractivity contribution in [2.75, 3.05) is 11.4 Å². The molecule has 2 aromatic carbocycles. The molecule has 0 bridgehead atoms. The Labute approximate surface area is 125 Å². The Bertz CT molecular complexity index is 624. The van der Waals surface area contributed by atoms with Crippen LogP contribution in [0.15, 0.2) is 48.5 Å². The Morgan fingerprint density at radius 3 is 2.43 bits per heavy atom. The van der Waals surface area contributed by atoms with Crippen LogP contribution >= 0.6 is 0 Å². The summed E-state index contributed by atoms with van der Waals surface area (Å²) in [6, 6.07) is 14.4. The van der Waals surface area contributed by atoms with E-state index in [1.807, 2.05) is 38.1 Å². The number of halogens is 1. The summed E-state index contributed by atoms with van der Waals surface area (Å²) in [6.45, 7) is 4.55. The van der Waals surface area contributed by atoms with Gasteiger partial charge in [-0.2, -0.15) is 0 Å². The summed E-state index contributed by atoms with van der Waals surface area (Å²) in [5.41, 5.74) is 2.59. The van der Waals surface area contributed by atoms with Gasteiger partial charge in [0.05, 0.1) is 0 Å². The Hall–Kier alpha value is -2.16. The number of amides is 1. The number of carbonyl (C=O) groups is 1. The van der Waals surface area contributed by atoms with Crippen LogP contribution in [0.4, 0.5) is 10.1 Å². The fourth-order valence-electron chi connectivity index (χ4n) is 2.43. The second-order valence-corrected chi connectivity index (χ2v) is 5.02. The highest BCUT2D eigenvalue weighted by molar-refractivity contribution is 5.94. The topological polar surface area (TPSA) is 20.3 Å². The van der Waals surface area contributed by atoms with Crippen LogP contribution in [0.25, 0.3) is 0 Å². The van der Waals surface area contributed by atoms with Crippen molar-refractivity contribution in [1.29, 1.82) is 0 Å². The van der Waals surface area contributed by atoms with Gasteiger partial charge < -0.3 is 4.90 Å². The van der Waals surface area contributed by atoms with E-state index in [1.54, 1.807) is 23.1 Å². The van der Waals surface area contributed by atoms with Crippen molar-refractivity contribution in [3.05, 3.63) is 65.5 Å². The van der Waals surface area contributed by atoms with E-state index in [9.17, 15) is 9.18 Å². The molecule has 0 aliphatic heterocycles. The lowest BCUT2D eigenvalue weighted by atomic mass is 10.1. The number of hydrogen-bond acceptors (Lipinski definition) is 1. The van der Waals surface area contributed by atoms with Crippen LogP contribution in [0.3, 0.4) is 0 Å². The molecule has 2 nitrogen and oxygen atoms in total. The summed E-state index contributed by atoms with van der Waals surface area (Å²) in [5, 5.41) is 0. The van der Waals surface area contributed by atoms with Crippen molar-refractivity contribution in [2.45, 2.75) is 26.7 Å². The SMILES string of the molecule is CCN(C(=O)CCc1ccccc1F)c1ccccc1C. The van der Waals surface area contributed by atoms with Crippen LogP contribution in [-0.4, -0.2) is 12.5 Å². The van der Waals surface area contributed by atoms with E-state index in [4.69, 9.17) is 0 Å². The van der Waals surface area contributed by atoms with Gasteiger partial charge in [-0.05, 0) is 43.5 Å². The summed E-state index contributed by atoms with van der Waals surface area (Å²) >= 11 is 0. The molecular formula is C18H20FNO. The van der Waals surface area contributed by atoms with Crippen molar-refractivity contribution in [1.82, 2.24) is 0 Å². The van der Waals surface area contributed by atoms with Crippen LogP contribution in [0.5, 0.6) is 0 Å². The molecule has 1 amide bonds. The van der Waals surface area contributed by atoms with E-state index >= 15 is 0 Å². The van der Waals surface area contributed by atoms with E-state index in [-0.39, 0.29) is 11.7 Å². The molecule has 0 N–H and O–H groups in total. The van der Waals surface area contributed by atoms with Gasteiger partial charge in [-0.3, -0.25) is 4.79 Å². The molecule has 0 radical (unpaired) electrons. The van der Waals surface area contributed by atoms with Crippen molar-refractivity contribution in [3.63, 3.8) is 0 Å². The third kappa shape index (κ3) is 3.69. The predicted octanol–water partition coefficient (Wildman–Crippen LogP) is 4.12. The van der Waals surface area contributed by atoms with Crippen LogP contribution in [-0.2, 0) is 11.2 Å². The zero-order valence-electron chi connectivity index (χ0n) is 12.5. The normalized spacial score (nSPS) is 10.4. The summed E-state index contributed by atoms with van der Waals surface area (Å²) in [6.07, 6.45) is 0.733. The molecule has 21 heavy (non-hydrogen) atoms. The smallest absolute Gasteiger partial charge is 0.227 e. The van der Waals surface area contributed by atoms with Gasteiger partial charge in [0.1, 0.15) is 5.82 Å². The maximum absolute atomic E-state index is 13.6. The van der Waals surface area contributed by atoms with Crippen LogP contribution in [0, 0.1) is 12.7 Å². The highest BCUT2D eigenvalue weighted by Gasteiger charge is 2.15. The lowest BCUT2D eigenvalue weighted by Gasteiger charge is -2.23. The Balaban J connectivity index is 2.08. The van der Waals surface area contributed by atoms with Crippen LogP contribution < -0.4 is 4.90 Å². The molecule has 0 atom stereocenters. The predicted molar refractivity (Wildman–Crippen MR) is 83.9 cm³/mol. The summed E-state index contributed by atoms with van der Waals surface area (Å²) in [7, 11) is 0. The number of benzene rings is 2. The molecule has 0 saturated carbocycles. The van der Waals surface area contributed by atoms with Gasteiger partial charge in [0.2, 0.25) is 5.91 Å². The van der Waals surface area contributed by atoms with Crippen molar-refractivity contribution in [3.8, 4) is 0 Å². The average molecular weight is 285 g/mol. The first kappa shape index (κ1) is 15.2. The zero-order valence-corrected chi connectivity index (χ0v) is 12.5. The number of anilines is 1. The molecule has 0 unspecified atom stereocenters. The molecule has 0 saturated heterocycles. The maximum Gasteiger partial charge on any atom is 0.227 e. The monoisotopic (exact) mass is 285 g/mol. The number of nitrogens with zero attached hydrogens (tertiary/aromatic N) is 1. The number of carbonyl (C=O) groups excluding carboxylic acids is 1. The molecule has 110 valence electrons. The minimum Gasteiger partial charge on any atom is -0.312 e. The molecule has 0 aliphatic rings. The van der Waals surface area contributed by atoms with E-state index in [2.05, 4.69) is 0 Å². The average Bonchev–Trinajstić information content (AvgIpc) is 2.49. The van der Waals surface area contributed by atoms with Crippen LogP contribution in [0.1, 0.15) is 24.5 Å². The molecule has 0 aromatic heterocycles. The quantitative estimate of drug-likeness (QED) is 0.809. The van der Waals surface area contributed by atoms with E-state index in [1.165, 1.54) is 6.07 Å². The minimum absolute atomic E-state index is 0.0232. The molecular weight excluding hydrogens is 265 g/mol. The highest BCUT2D eigenvalue weighted by atomic mass is 19.1. The fraction of sp³-hybridized carbons (Fsp3) is 0.278. The summed E-state index contributed by atoms with van der Waals surface area (Å²) < 4.78 is 13.6. The second kappa shape index (κ2) is 7.02. The minimum atomic E-state index is -0.246. The maximum atomic E-state index is 13.6. The first-order valence-corrected chi connectivity index (χ1v) is 7.23. The Morgan fingerprint density at radius 1 is 1.10 bits per heavy atom. The van der Waals surface area contributed by atoms with Gasteiger partial charge in [0.15, 0.2) is 0 Å². The molecule has 0 fully saturated rings. The van der Waals surface area contributed by atoms with E-state index in [0.29, 0.717) is 24.9 Å². The van der Waals surface area contributed by atoms with Gasteiger partial charge in [0, 0.05) is 18.7 Å². The molecule has 0 spiro atoms. The highest BCUT2D eigenvalue weighted by Crippen LogP contribution is 2.20. The first-order chi connectivity index (χ1) is 10.1. The van der Waals surface area contributed by atoms with Gasteiger partial charge >= 0.3 is 0 Å². The van der Waals surface area contributed by atoms with Gasteiger partial charge in [-0.1, -0.05) is 36.4 Å². The second-order valence-electron chi connectivity index (χ2n) is 5.02. The molecule has 3 heteroatoms. The van der Waals surface area contributed by atoms with Gasteiger partial charge in [-0.25, -0.2) is 4.39 Å². The van der Waals surface area contributed by atoms with Crippen molar-refractivity contribution in [2.24, 2.45) is 0 Å². The largest absolute Gasteiger partial charge is 0.312 e. The van der Waals surface area contributed by atoms with Gasteiger partial charge in [0.25, 0.3) is 0 Å². The molecule has 2 rings (SSSR count). The Kier molecular flexibility index (Phi) is 5.09. The lowest BCUT2D eigenvalue weighted by molar-refractivity contribution is -0.118. The molecule has 0 heterocycles. The molecule has 0 aliphatic carbocycles. The third-order valence-electron chi connectivity index (χ3n) is 3.59. The Morgan fingerprint density at radius 2 is 1.76 bits per heavy atom. The fourth-order valence-corrected chi connectivity index (χ4v) is 2.43. The summed E-state index contributed by atoms with van der Waals surface area (Å²) in [4.78, 5) is 14.2. The van der Waals surface area contributed by atoms with Crippen molar-refractivity contribution >= 4 is 11.6 Å². The summed E-state index contributed by atoms with van der Waals surface area (Å²) in [5.74, 6) is -0.223. The number of aryl methyl sites for hydroxylation is 2. The first-order valence-electron chi connectivity index (χ1n) is 7.23. The van der Waals surface area contributed by atoms with Crippen molar-refractivity contribution < 1.29 is 9.18 Å².